The molecule has 0 spiro atoms. The van der Waals surface area contributed by atoms with Crippen molar-refractivity contribution < 1.29 is 0 Å². The van der Waals surface area contributed by atoms with E-state index < -0.39 is 0 Å². The molecule has 1 aromatic rings. The number of H-pyrrole nitrogens is 1. The molecule has 1 heterocycles. The van der Waals surface area contributed by atoms with E-state index in [0.717, 1.165) is 11.4 Å². The van der Waals surface area contributed by atoms with Crippen LogP contribution in [0, 0.1) is 0 Å². The lowest BCUT2D eigenvalue weighted by Gasteiger charge is -2.04. The van der Waals surface area contributed by atoms with Crippen molar-refractivity contribution in [2.24, 2.45) is 0 Å². The molecule has 1 aromatic heterocycles. The summed E-state index contributed by atoms with van der Waals surface area (Å²) < 4.78 is 0. The lowest BCUT2D eigenvalue weighted by molar-refractivity contribution is 0.759. The van der Waals surface area contributed by atoms with Crippen LogP contribution in [0.15, 0.2) is 0 Å². The van der Waals surface area contributed by atoms with Crippen LogP contribution in [-0.2, 0) is 0 Å². The van der Waals surface area contributed by atoms with Gasteiger partial charge in [0.25, 0.3) is 0 Å². The average Bonchev–Trinajstić information content (AvgIpc) is 2.32. The van der Waals surface area contributed by atoms with Crippen LogP contribution in [0.25, 0.3) is 0 Å². The highest BCUT2D eigenvalue weighted by atomic mass is 15.3. The van der Waals surface area contributed by atoms with Crippen LogP contribution in [0.3, 0.4) is 0 Å². The molecule has 73 valence electrons. The predicted octanol–water partition coefficient (Wildman–Crippen LogP) is 2.31. The molecule has 0 aliphatic rings. The zero-order valence-corrected chi connectivity index (χ0v) is 8.13. The van der Waals surface area contributed by atoms with Crippen molar-refractivity contribution in [1.29, 1.82) is 0 Å². The third-order valence-corrected chi connectivity index (χ3v) is 1.70. The molecule has 0 saturated heterocycles. The first-order valence-electron chi connectivity index (χ1n) is 4.03. The highest BCUT2D eigenvalue weighted by Gasteiger charge is 2.13. The van der Waals surface area contributed by atoms with Gasteiger partial charge in [-0.05, 0) is 11.8 Å². The van der Waals surface area contributed by atoms with E-state index in [0.29, 0.717) is 11.8 Å². The molecule has 0 saturated carbocycles. The van der Waals surface area contributed by atoms with E-state index in [2.05, 4.69) is 43.1 Å². The van der Waals surface area contributed by atoms with Gasteiger partial charge in [0.2, 0.25) is 0 Å². The Morgan fingerprint density at radius 3 is 1.46 bits per heavy atom. The van der Waals surface area contributed by atoms with Gasteiger partial charge in [0, 0.05) is 8.41 Å². The molecular weight excluding hydrogens is 161 g/mol. The second-order valence-corrected chi connectivity index (χ2v) is 3.40. The zero-order valence-electron chi connectivity index (χ0n) is 8.13. The minimum atomic E-state index is 0. The van der Waals surface area contributed by atoms with Gasteiger partial charge in [-0.3, -0.25) is 0 Å². The van der Waals surface area contributed by atoms with E-state index in [4.69, 9.17) is 0 Å². The maximum absolute atomic E-state index is 4.10. The Labute approximate surface area is 82.9 Å². The molecule has 0 bridgehead atoms. The maximum Gasteiger partial charge on any atom is 0.0884 e. The topological polar surface area (TPSA) is 41.6 Å². The number of hydrogen-bond acceptors (Lipinski definition) is 2. The normalized spacial score (nSPS) is 9.69. The van der Waals surface area contributed by atoms with Gasteiger partial charge in [-0.15, -0.1) is 0 Å². The van der Waals surface area contributed by atoms with Crippen molar-refractivity contribution >= 4 is 8.41 Å². The Bertz CT molecular complexity index is 208. The molecule has 0 unspecified atom stereocenters. The van der Waals surface area contributed by atoms with Crippen LogP contribution >= 0.6 is 0 Å². The highest BCUT2D eigenvalue weighted by Crippen LogP contribution is 2.20. The summed E-state index contributed by atoms with van der Waals surface area (Å²) in [6.07, 6.45) is 0. The Balaban J connectivity index is 0. The number of nitrogens with one attached hydrogen (secondary N) is 1. The van der Waals surface area contributed by atoms with E-state index in [1.807, 2.05) is 0 Å². The molecule has 0 fully saturated rings. The van der Waals surface area contributed by atoms with Gasteiger partial charge in [0.1, 0.15) is 0 Å². The van der Waals surface area contributed by atoms with Gasteiger partial charge in [0.15, 0.2) is 0 Å². The summed E-state index contributed by atoms with van der Waals surface area (Å²) in [5.41, 5.74) is 2.19. The molecule has 0 atom stereocenters. The maximum atomic E-state index is 4.10. The molecule has 0 amide bonds. The van der Waals surface area contributed by atoms with Crippen molar-refractivity contribution in [3.63, 3.8) is 0 Å². The van der Waals surface area contributed by atoms with Crippen molar-refractivity contribution in [1.82, 2.24) is 15.4 Å². The summed E-state index contributed by atoms with van der Waals surface area (Å²) in [6.45, 7) is 8.51. The summed E-state index contributed by atoms with van der Waals surface area (Å²) in [7, 11) is 0. The molecule has 1 N–H and O–H groups in total. The Morgan fingerprint density at radius 1 is 0.923 bits per heavy atom. The predicted molar refractivity (Wildman–Crippen MR) is 57.0 cm³/mol. The van der Waals surface area contributed by atoms with Gasteiger partial charge < -0.3 is 0 Å². The van der Waals surface area contributed by atoms with E-state index >= 15 is 0 Å². The zero-order chi connectivity index (χ0) is 8.43. The first-order valence-corrected chi connectivity index (χ1v) is 4.03. The van der Waals surface area contributed by atoms with Crippen LogP contribution in [0.4, 0.5) is 0 Å². The fourth-order valence-corrected chi connectivity index (χ4v) is 1.10. The Morgan fingerprint density at radius 2 is 1.23 bits per heavy atom. The second-order valence-electron chi connectivity index (χ2n) is 3.40. The molecule has 13 heavy (non-hydrogen) atoms. The van der Waals surface area contributed by atoms with E-state index in [-0.39, 0.29) is 15.8 Å². The molecule has 0 aliphatic heterocycles. The average molecular weight is 180 g/mol. The first-order chi connectivity index (χ1) is 5.13. The first kappa shape index (κ1) is 14.7. The minimum Gasteiger partial charge on any atom is -0.197 e. The SMILES string of the molecule is C.CC(C)c1n[nH]nc1C(C)C.[B]. The standard InChI is InChI=1S/C8H15N3.CH4.B/c1-5(2)7-8(6(3)4)10-11-9-7;;/h5-6H,1-4H3,(H,9,10,11);1H4;. The van der Waals surface area contributed by atoms with Crippen molar-refractivity contribution in [3.05, 3.63) is 11.4 Å². The smallest absolute Gasteiger partial charge is 0.0884 e. The van der Waals surface area contributed by atoms with Crippen LogP contribution in [0.2, 0.25) is 0 Å². The summed E-state index contributed by atoms with van der Waals surface area (Å²) in [4.78, 5) is 0. The summed E-state index contributed by atoms with van der Waals surface area (Å²) in [6, 6.07) is 0. The number of hydrogen-bond donors (Lipinski definition) is 1. The van der Waals surface area contributed by atoms with Crippen molar-refractivity contribution in [3.8, 4) is 0 Å². The monoisotopic (exact) mass is 180 g/mol. The number of rotatable bonds is 2. The van der Waals surface area contributed by atoms with Crippen LogP contribution in [0.5, 0.6) is 0 Å². The molecule has 0 aromatic carbocycles. The van der Waals surface area contributed by atoms with Crippen LogP contribution in [0.1, 0.15) is 58.3 Å². The van der Waals surface area contributed by atoms with E-state index in [1.54, 1.807) is 0 Å². The second kappa shape index (κ2) is 5.78. The van der Waals surface area contributed by atoms with Gasteiger partial charge in [-0.1, -0.05) is 35.1 Å². The van der Waals surface area contributed by atoms with Gasteiger partial charge in [-0.2, -0.15) is 15.4 Å². The molecular formula is C9H19BN3. The Kier molecular flexibility index (Phi) is 6.55. The Hall–Kier alpha value is -0.795. The van der Waals surface area contributed by atoms with E-state index in [9.17, 15) is 0 Å². The molecule has 0 aliphatic carbocycles. The summed E-state index contributed by atoms with van der Waals surface area (Å²) in [5, 5.41) is 10.9. The number of aromatic nitrogens is 3. The number of aromatic amines is 1. The number of nitrogens with zero attached hydrogens (tertiary/aromatic N) is 2. The fourth-order valence-electron chi connectivity index (χ4n) is 1.10. The molecule has 4 heteroatoms. The minimum absolute atomic E-state index is 0. The molecule has 3 radical (unpaired) electrons. The van der Waals surface area contributed by atoms with Gasteiger partial charge >= 0.3 is 0 Å². The quantitative estimate of drug-likeness (QED) is 0.709. The molecule has 1 rings (SSSR count). The summed E-state index contributed by atoms with van der Waals surface area (Å²) in [5.74, 6) is 0.928. The summed E-state index contributed by atoms with van der Waals surface area (Å²) >= 11 is 0. The van der Waals surface area contributed by atoms with E-state index in [1.165, 1.54) is 0 Å². The largest absolute Gasteiger partial charge is 0.197 e. The fraction of sp³-hybridized carbons (Fsp3) is 0.778. The van der Waals surface area contributed by atoms with Crippen molar-refractivity contribution in [2.75, 3.05) is 0 Å². The molecule has 3 nitrogen and oxygen atoms in total. The highest BCUT2D eigenvalue weighted by molar-refractivity contribution is 5.75. The van der Waals surface area contributed by atoms with Crippen LogP contribution < -0.4 is 0 Å². The third-order valence-electron chi connectivity index (χ3n) is 1.70. The van der Waals surface area contributed by atoms with Gasteiger partial charge in [-0.25, -0.2) is 0 Å². The van der Waals surface area contributed by atoms with Crippen LogP contribution in [-0.4, -0.2) is 23.8 Å². The lowest BCUT2D eigenvalue weighted by atomic mass is 10.0. The van der Waals surface area contributed by atoms with Crippen molar-refractivity contribution in [2.45, 2.75) is 47.0 Å². The lowest BCUT2D eigenvalue weighted by Crippen LogP contribution is -1.96. The third kappa shape index (κ3) is 3.21. The van der Waals surface area contributed by atoms with Gasteiger partial charge in [0.05, 0.1) is 11.4 Å².